The van der Waals surface area contributed by atoms with E-state index in [1.807, 2.05) is 30.3 Å². The molecule has 3 aromatic rings. The molecule has 0 spiro atoms. The average Bonchev–Trinajstić information content (AvgIpc) is 3.10. The van der Waals surface area contributed by atoms with E-state index in [0.717, 1.165) is 39.8 Å². The van der Waals surface area contributed by atoms with Crippen molar-refractivity contribution in [2.24, 2.45) is 0 Å². The fourth-order valence-electron chi connectivity index (χ4n) is 2.41. The van der Waals surface area contributed by atoms with Crippen LogP contribution in [-0.4, -0.2) is 20.6 Å². The first-order chi connectivity index (χ1) is 13.2. The number of carbonyl (C=O) groups is 1. The molecule has 3 rings (SSSR count). The number of hydrogen-bond donors (Lipinski definition) is 1. The van der Waals surface area contributed by atoms with Crippen LogP contribution in [0.2, 0.25) is 5.02 Å². The van der Waals surface area contributed by atoms with Gasteiger partial charge in [-0.25, -0.2) is 12.8 Å². The van der Waals surface area contributed by atoms with Crippen molar-refractivity contribution in [1.29, 1.82) is 0 Å². The first-order valence-electron chi connectivity index (χ1n) is 8.07. The number of halogens is 2. The number of anilines is 1. The van der Waals surface area contributed by atoms with E-state index in [1.165, 1.54) is 17.4 Å². The summed E-state index contributed by atoms with van der Waals surface area (Å²) < 4.78 is 37.0. The van der Waals surface area contributed by atoms with Crippen molar-refractivity contribution in [3.8, 4) is 10.4 Å². The summed E-state index contributed by atoms with van der Waals surface area (Å²) in [5.74, 6) is -1.29. The van der Waals surface area contributed by atoms with Crippen LogP contribution in [0.15, 0.2) is 65.6 Å². The van der Waals surface area contributed by atoms with Crippen molar-refractivity contribution in [3.63, 3.8) is 0 Å². The van der Waals surface area contributed by atoms with E-state index in [1.54, 1.807) is 12.1 Å². The minimum Gasteiger partial charge on any atom is -0.320 e. The Labute approximate surface area is 171 Å². The SMILES string of the molecule is CS(=O)(=O)c1ccc(F)c(NC(=O)/C=C/c2ccc(-c3ccccc3Cl)s2)c1. The molecule has 144 valence electrons. The molecule has 0 aliphatic carbocycles. The summed E-state index contributed by atoms with van der Waals surface area (Å²) >= 11 is 7.64. The first-order valence-corrected chi connectivity index (χ1v) is 11.2. The van der Waals surface area contributed by atoms with Crippen LogP contribution in [0.5, 0.6) is 0 Å². The van der Waals surface area contributed by atoms with Gasteiger partial charge in [0.25, 0.3) is 0 Å². The van der Waals surface area contributed by atoms with Crippen LogP contribution in [0.4, 0.5) is 10.1 Å². The number of rotatable bonds is 5. The molecule has 0 fully saturated rings. The maximum atomic E-state index is 13.9. The summed E-state index contributed by atoms with van der Waals surface area (Å²) in [6, 6.07) is 14.5. The van der Waals surface area contributed by atoms with Gasteiger partial charge in [-0.1, -0.05) is 29.8 Å². The van der Waals surface area contributed by atoms with E-state index in [9.17, 15) is 17.6 Å². The van der Waals surface area contributed by atoms with Crippen LogP contribution in [-0.2, 0) is 14.6 Å². The van der Waals surface area contributed by atoms with Crippen molar-refractivity contribution in [1.82, 2.24) is 0 Å². The normalized spacial score (nSPS) is 11.7. The molecule has 0 unspecified atom stereocenters. The van der Waals surface area contributed by atoms with E-state index in [-0.39, 0.29) is 10.6 Å². The molecule has 0 saturated heterocycles. The van der Waals surface area contributed by atoms with Gasteiger partial charge in [0.2, 0.25) is 5.91 Å². The molecular weight excluding hydrogens is 421 g/mol. The van der Waals surface area contributed by atoms with E-state index in [4.69, 9.17) is 11.6 Å². The van der Waals surface area contributed by atoms with E-state index in [0.29, 0.717) is 5.02 Å². The van der Waals surface area contributed by atoms with Crippen molar-refractivity contribution >= 4 is 50.4 Å². The number of amides is 1. The molecule has 0 bridgehead atoms. The fourth-order valence-corrected chi connectivity index (χ4v) is 4.30. The Hall–Kier alpha value is -2.48. The molecule has 0 saturated carbocycles. The second kappa shape index (κ2) is 8.26. The van der Waals surface area contributed by atoms with Gasteiger partial charge in [-0.2, -0.15) is 0 Å². The number of nitrogens with one attached hydrogen (secondary N) is 1. The Morgan fingerprint density at radius 3 is 2.61 bits per heavy atom. The number of thiophene rings is 1. The zero-order valence-corrected chi connectivity index (χ0v) is 17.0. The zero-order chi connectivity index (χ0) is 20.3. The van der Waals surface area contributed by atoms with Crippen LogP contribution in [0.3, 0.4) is 0 Å². The van der Waals surface area contributed by atoms with Gasteiger partial charge >= 0.3 is 0 Å². The van der Waals surface area contributed by atoms with Gasteiger partial charge in [0, 0.05) is 32.7 Å². The highest BCUT2D eigenvalue weighted by atomic mass is 35.5. The minimum absolute atomic E-state index is 0.0733. The highest BCUT2D eigenvalue weighted by Crippen LogP contribution is 2.33. The molecule has 1 aromatic heterocycles. The molecule has 0 aliphatic rings. The van der Waals surface area contributed by atoms with Gasteiger partial charge in [0.05, 0.1) is 10.6 Å². The van der Waals surface area contributed by atoms with Gasteiger partial charge in [-0.15, -0.1) is 11.3 Å². The highest BCUT2D eigenvalue weighted by Gasteiger charge is 2.12. The number of hydrogen-bond acceptors (Lipinski definition) is 4. The van der Waals surface area contributed by atoms with Gasteiger partial charge in [-0.05, 0) is 42.5 Å². The quantitative estimate of drug-likeness (QED) is 0.439. The second-order valence-electron chi connectivity index (χ2n) is 5.92. The standard InChI is InChI=1S/C20H15ClFNO3S2/c1-28(25,26)14-8-9-17(22)18(12-14)23-20(24)11-7-13-6-10-19(27-13)15-4-2-3-5-16(15)21/h2-12H,1H3,(H,23,24)/b11-7+. The summed E-state index contributed by atoms with van der Waals surface area (Å²) in [6.07, 6.45) is 3.87. The third-order valence-corrected chi connectivity index (χ3v) is 6.31. The third-order valence-electron chi connectivity index (χ3n) is 3.79. The van der Waals surface area contributed by atoms with Crippen molar-refractivity contribution in [2.45, 2.75) is 4.90 Å². The Morgan fingerprint density at radius 2 is 1.89 bits per heavy atom. The second-order valence-corrected chi connectivity index (χ2v) is 9.46. The molecule has 1 amide bonds. The molecule has 8 heteroatoms. The molecule has 28 heavy (non-hydrogen) atoms. The molecule has 0 radical (unpaired) electrons. The summed E-state index contributed by atoms with van der Waals surface area (Å²) in [4.78, 5) is 13.8. The lowest BCUT2D eigenvalue weighted by Gasteiger charge is -2.06. The van der Waals surface area contributed by atoms with Crippen LogP contribution in [0, 0.1) is 5.82 Å². The molecule has 1 N–H and O–H groups in total. The molecular formula is C20H15ClFNO3S2. The highest BCUT2D eigenvalue weighted by molar-refractivity contribution is 7.90. The smallest absolute Gasteiger partial charge is 0.248 e. The predicted octanol–water partition coefficient (Wildman–Crippen LogP) is 5.26. The van der Waals surface area contributed by atoms with Crippen LogP contribution < -0.4 is 5.32 Å². The number of sulfone groups is 1. The minimum atomic E-state index is -3.51. The molecule has 2 aromatic carbocycles. The van der Waals surface area contributed by atoms with Crippen molar-refractivity contribution in [3.05, 3.63) is 76.4 Å². The topological polar surface area (TPSA) is 63.2 Å². The monoisotopic (exact) mass is 435 g/mol. The Kier molecular flexibility index (Phi) is 5.98. The Morgan fingerprint density at radius 1 is 1.14 bits per heavy atom. The lowest BCUT2D eigenvalue weighted by Crippen LogP contribution is -2.10. The van der Waals surface area contributed by atoms with Gasteiger partial charge in [-0.3, -0.25) is 4.79 Å². The molecule has 0 atom stereocenters. The molecule has 4 nitrogen and oxygen atoms in total. The number of benzene rings is 2. The number of carbonyl (C=O) groups excluding carboxylic acids is 1. The van der Waals surface area contributed by atoms with Crippen molar-refractivity contribution < 1.29 is 17.6 Å². The maximum absolute atomic E-state index is 13.9. The summed E-state index contributed by atoms with van der Waals surface area (Å²) in [5.41, 5.74) is 0.707. The zero-order valence-electron chi connectivity index (χ0n) is 14.6. The van der Waals surface area contributed by atoms with Crippen LogP contribution in [0.1, 0.15) is 4.88 Å². The summed E-state index contributed by atoms with van der Waals surface area (Å²) in [6.45, 7) is 0. The fraction of sp³-hybridized carbons (Fsp3) is 0.0500. The van der Waals surface area contributed by atoms with Gasteiger partial charge in [0.1, 0.15) is 5.82 Å². The van der Waals surface area contributed by atoms with E-state index >= 15 is 0 Å². The van der Waals surface area contributed by atoms with E-state index < -0.39 is 21.6 Å². The summed E-state index contributed by atoms with van der Waals surface area (Å²) in [5, 5.41) is 3.00. The average molecular weight is 436 g/mol. The summed E-state index contributed by atoms with van der Waals surface area (Å²) in [7, 11) is -3.51. The van der Waals surface area contributed by atoms with Gasteiger partial charge < -0.3 is 5.32 Å². The first kappa shape index (κ1) is 20.3. The Bertz CT molecular complexity index is 1170. The largest absolute Gasteiger partial charge is 0.320 e. The Balaban J connectivity index is 1.74. The van der Waals surface area contributed by atoms with Crippen molar-refractivity contribution in [2.75, 3.05) is 11.6 Å². The molecule has 1 heterocycles. The van der Waals surface area contributed by atoms with Gasteiger partial charge in [0.15, 0.2) is 9.84 Å². The lowest BCUT2D eigenvalue weighted by atomic mass is 10.2. The third kappa shape index (κ3) is 4.86. The molecule has 0 aliphatic heterocycles. The van der Waals surface area contributed by atoms with E-state index in [2.05, 4.69) is 5.32 Å². The predicted molar refractivity (Wildman–Crippen MR) is 112 cm³/mol. The maximum Gasteiger partial charge on any atom is 0.248 e. The lowest BCUT2D eigenvalue weighted by molar-refractivity contribution is -0.111. The van der Waals surface area contributed by atoms with Crippen LogP contribution in [0.25, 0.3) is 16.5 Å². The van der Waals surface area contributed by atoms with Crippen LogP contribution >= 0.6 is 22.9 Å².